The van der Waals surface area contributed by atoms with E-state index in [4.69, 9.17) is 4.52 Å². The number of hydrogen-bond donors (Lipinski definition) is 0. The third-order valence-corrected chi connectivity index (χ3v) is 4.37. The van der Waals surface area contributed by atoms with Crippen LogP contribution in [0.4, 0.5) is 29.1 Å². The summed E-state index contributed by atoms with van der Waals surface area (Å²) in [6, 6.07) is 7.73. The van der Waals surface area contributed by atoms with E-state index < -0.39 is 34.7 Å². The number of amides is 1. The number of nitrogens with zero attached hydrogens (tertiary/aromatic N) is 4. The number of carbonyl (C=O) groups excluding carboxylic acids is 1. The molecule has 0 radical (unpaired) electrons. The van der Waals surface area contributed by atoms with Crippen LogP contribution in [0.3, 0.4) is 0 Å². The van der Waals surface area contributed by atoms with Gasteiger partial charge in [-0.1, -0.05) is 17.3 Å². The molecule has 2 aromatic carbocycles. The van der Waals surface area contributed by atoms with Gasteiger partial charge in [0.25, 0.3) is 0 Å². The SMILES string of the molecule is CC(=O)N(c1ccccc1F)c1onc(-c2c(F)cc(F)cc2F)c1-c1ccncn1. The minimum Gasteiger partial charge on any atom is -0.336 e. The molecule has 0 fully saturated rings. The lowest BCUT2D eigenvalue weighted by molar-refractivity contribution is -0.116. The molecule has 0 bridgehead atoms. The molecule has 0 saturated carbocycles. The van der Waals surface area contributed by atoms with E-state index in [-0.39, 0.29) is 28.5 Å². The Balaban J connectivity index is 2.03. The number of carbonyl (C=O) groups is 1. The van der Waals surface area contributed by atoms with Crippen molar-refractivity contribution in [1.29, 1.82) is 0 Å². The van der Waals surface area contributed by atoms with Crippen molar-refractivity contribution in [2.75, 3.05) is 4.90 Å². The molecule has 2 aromatic heterocycles. The quantitative estimate of drug-likeness (QED) is 0.426. The number of hydrogen-bond acceptors (Lipinski definition) is 5. The van der Waals surface area contributed by atoms with Crippen LogP contribution in [0.5, 0.6) is 0 Å². The van der Waals surface area contributed by atoms with Crippen LogP contribution in [0.25, 0.3) is 22.5 Å². The third-order valence-electron chi connectivity index (χ3n) is 4.37. The van der Waals surface area contributed by atoms with Crippen LogP contribution < -0.4 is 4.90 Å². The summed E-state index contributed by atoms with van der Waals surface area (Å²) in [5.41, 5.74) is -1.27. The van der Waals surface area contributed by atoms with E-state index in [1.165, 1.54) is 30.5 Å². The Bertz CT molecular complexity index is 1250. The van der Waals surface area contributed by atoms with E-state index in [9.17, 15) is 22.4 Å². The summed E-state index contributed by atoms with van der Waals surface area (Å²) < 4.78 is 62.2. The first-order valence-electron chi connectivity index (χ1n) is 8.84. The van der Waals surface area contributed by atoms with Crippen molar-refractivity contribution in [1.82, 2.24) is 15.1 Å². The van der Waals surface area contributed by atoms with Crippen molar-refractivity contribution in [2.45, 2.75) is 6.92 Å². The fourth-order valence-corrected chi connectivity index (χ4v) is 3.10. The van der Waals surface area contributed by atoms with Crippen LogP contribution in [-0.4, -0.2) is 21.0 Å². The van der Waals surface area contributed by atoms with E-state index in [0.717, 1.165) is 24.2 Å². The molecule has 4 rings (SSSR count). The van der Waals surface area contributed by atoms with Crippen molar-refractivity contribution < 1.29 is 26.9 Å². The van der Waals surface area contributed by atoms with Gasteiger partial charge in [-0.05, 0) is 18.2 Å². The highest BCUT2D eigenvalue weighted by molar-refractivity contribution is 6.03. The van der Waals surface area contributed by atoms with Crippen molar-refractivity contribution in [3.63, 3.8) is 0 Å². The second-order valence-corrected chi connectivity index (χ2v) is 6.36. The number of rotatable bonds is 4. The topological polar surface area (TPSA) is 72.1 Å². The monoisotopic (exact) mass is 428 g/mol. The van der Waals surface area contributed by atoms with Gasteiger partial charge < -0.3 is 4.52 Å². The lowest BCUT2D eigenvalue weighted by Crippen LogP contribution is -2.24. The predicted molar refractivity (Wildman–Crippen MR) is 102 cm³/mol. The highest BCUT2D eigenvalue weighted by Gasteiger charge is 2.32. The molecule has 0 saturated heterocycles. The molecule has 0 unspecified atom stereocenters. The molecular weight excluding hydrogens is 416 g/mol. The van der Waals surface area contributed by atoms with E-state index in [1.54, 1.807) is 0 Å². The van der Waals surface area contributed by atoms with Gasteiger partial charge in [0.05, 0.1) is 22.5 Å². The number of aromatic nitrogens is 3. The first-order valence-corrected chi connectivity index (χ1v) is 8.84. The van der Waals surface area contributed by atoms with Crippen LogP contribution in [0.15, 0.2) is 59.5 Å². The van der Waals surface area contributed by atoms with Gasteiger partial charge in [-0.3, -0.25) is 4.79 Å². The largest absolute Gasteiger partial charge is 0.336 e. The zero-order valence-corrected chi connectivity index (χ0v) is 15.8. The second-order valence-electron chi connectivity index (χ2n) is 6.36. The zero-order chi connectivity index (χ0) is 22.1. The summed E-state index contributed by atoms with van der Waals surface area (Å²) in [5.74, 6) is -5.34. The van der Waals surface area contributed by atoms with Gasteiger partial charge in [0.1, 0.15) is 35.3 Å². The van der Waals surface area contributed by atoms with Crippen LogP contribution in [0, 0.1) is 23.3 Å². The zero-order valence-electron chi connectivity index (χ0n) is 15.8. The smallest absolute Gasteiger partial charge is 0.248 e. The molecule has 6 nitrogen and oxygen atoms in total. The summed E-state index contributed by atoms with van der Waals surface area (Å²) in [6.07, 6.45) is 2.51. The van der Waals surface area contributed by atoms with Crippen LogP contribution >= 0.6 is 0 Å². The molecular formula is C21H12F4N4O2. The first kappa shape index (κ1) is 20.2. The molecule has 10 heteroatoms. The molecule has 0 aliphatic carbocycles. The molecule has 156 valence electrons. The summed E-state index contributed by atoms with van der Waals surface area (Å²) in [7, 11) is 0. The number of halogens is 4. The lowest BCUT2D eigenvalue weighted by atomic mass is 10.0. The number of benzene rings is 2. The maximum Gasteiger partial charge on any atom is 0.248 e. The van der Waals surface area contributed by atoms with Gasteiger partial charge in [0.15, 0.2) is 0 Å². The average Bonchev–Trinajstić information content (AvgIpc) is 3.13. The Morgan fingerprint density at radius 1 is 0.968 bits per heavy atom. The molecule has 2 heterocycles. The van der Waals surface area contributed by atoms with Gasteiger partial charge in [-0.2, -0.15) is 0 Å². The minimum absolute atomic E-state index is 0.0898. The highest BCUT2D eigenvalue weighted by atomic mass is 19.1. The fourth-order valence-electron chi connectivity index (χ4n) is 3.10. The maximum atomic E-state index is 14.5. The van der Waals surface area contributed by atoms with Gasteiger partial charge >= 0.3 is 0 Å². The van der Waals surface area contributed by atoms with Crippen LogP contribution in [0.2, 0.25) is 0 Å². The normalized spacial score (nSPS) is 10.9. The molecule has 0 aliphatic rings. The first-order chi connectivity index (χ1) is 14.9. The van der Waals surface area contributed by atoms with E-state index in [2.05, 4.69) is 15.1 Å². The molecule has 4 aromatic rings. The van der Waals surface area contributed by atoms with Crippen molar-refractivity contribution in [3.8, 4) is 22.5 Å². The summed E-state index contributed by atoms with van der Waals surface area (Å²) in [5, 5.41) is 3.72. The van der Waals surface area contributed by atoms with Crippen LogP contribution in [0.1, 0.15) is 6.92 Å². The van der Waals surface area contributed by atoms with Gasteiger partial charge in [-0.15, -0.1) is 0 Å². The lowest BCUT2D eigenvalue weighted by Gasteiger charge is -2.19. The maximum absolute atomic E-state index is 14.5. The highest BCUT2D eigenvalue weighted by Crippen LogP contribution is 2.43. The Morgan fingerprint density at radius 2 is 1.68 bits per heavy atom. The Morgan fingerprint density at radius 3 is 2.29 bits per heavy atom. The minimum atomic E-state index is -1.24. The third kappa shape index (κ3) is 3.63. The van der Waals surface area contributed by atoms with Crippen molar-refractivity contribution in [3.05, 3.63) is 78.3 Å². The molecule has 0 spiro atoms. The molecule has 0 aliphatic heterocycles. The van der Waals surface area contributed by atoms with E-state index >= 15 is 0 Å². The van der Waals surface area contributed by atoms with Crippen molar-refractivity contribution >= 4 is 17.5 Å². The fraction of sp³-hybridized carbons (Fsp3) is 0.0476. The van der Waals surface area contributed by atoms with E-state index in [1.807, 2.05) is 0 Å². The average molecular weight is 428 g/mol. The van der Waals surface area contributed by atoms with Gasteiger partial charge in [0.2, 0.25) is 11.8 Å². The molecule has 1 amide bonds. The van der Waals surface area contributed by atoms with Crippen LogP contribution in [-0.2, 0) is 4.79 Å². The summed E-state index contributed by atoms with van der Waals surface area (Å²) in [4.78, 5) is 21.1. The Kier molecular flexibility index (Phi) is 5.20. The van der Waals surface area contributed by atoms with E-state index in [0.29, 0.717) is 12.1 Å². The van der Waals surface area contributed by atoms with Gasteiger partial charge in [-0.25, -0.2) is 32.4 Å². The summed E-state index contributed by atoms with van der Waals surface area (Å²) in [6.45, 7) is 1.15. The standard InChI is InChI=1S/C21H12F4N4O2/c1-11(30)29(17-5-3-2-4-13(17)23)21-19(16-6-7-26-10-27-16)20(28-31-21)18-14(24)8-12(22)9-15(18)25/h2-10H,1H3. The Hall–Kier alpha value is -4.08. The molecule has 31 heavy (non-hydrogen) atoms. The number of anilines is 2. The summed E-state index contributed by atoms with van der Waals surface area (Å²) >= 11 is 0. The predicted octanol–water partition coefficient (Wildman–Crippen LogP) is 5.04. The Labute approximate surface area is 172 Å². The number of para-hydroxylation sites is 1. The molecule has 0 N–H and O–H groups in total. The van der Waals surface area contributed by atoms with Gasteiger partial charge in [0, 0.05) is 25.3 Å². The second kappa shape index (κ2) is 7.98. The van der Waals surface area contributed by atoms with Crippen molar-refractivity contribution in [2.24, 2.45) is 0 Å². The molecule has 0 atom stereocenters.